The standard InChI is InChI=1S/C12H14N2O4/c1-13-10(11(15)17-3)7-4-5-9-8(6-7)14(2)12(16)18-9/h4-6,10,13H,1-3H3. The van der Waals surface area contributed by atoms with Gasteiger partial charge in [-0.25, -0.2) is 9.59 Å². The number of carbonyl (C=O) groups is 1. The molecule has 1 N–H and O–H groups in total. The van der Waals surface area contributed by atoms with Crippen LogP contribution >= 0.6 is 0 Å². The number of nitrogens with one attached hydrogen (secondary N) is 1. The molecule has 0 saturated heterocycles. The molecule has 0 aliphatic rings. The van der Waals surface area contributed by atoms with E-state index in [1.807, 2.05) is 0 Å². The third-order valence-corrected chi connectivity index (χ3v) is 2.87. The molecule has 0 saturated carbocycles. The summed E-state index contributed by atoms with van der Waals surface area (Å²) in [6.07, 6.45) is 0. The average Bonchev–Trinajstić information content (AvgIpc) is 2.66. The predicted molar refractivity (Wildman–Crippen MR) is 65.3 cm³/mol. The predicted octanol–water partition coefficient (Wildman–Crippen LogP) is 0.565. The van der Waals surface area contributed by atoms with Gasteiger partial charge >= 0.3 is 11.7 Å². The fourth-order valence-corrected chi connectivity index (χ4v) is 1.86. The van der Waals surface area contributed by atoms with Crippen molar-refractivity contribution in [3.8, 4) is 0 Å². The van der Waals surface area contributed by atoms with Crippen LogP contribution in [0.2, 0.25) is 0 Å². The fourth-order valence-electron chi connectivity index (χ4n) is 1.86. The monoisotopic (exact) mass is 250 g/mol. The molecule has 1 atom stereocenters. The van der Waals surface area contributed by atoms with Gasteiger partial charge in [0.15, 0.2) is 5.58 Å². The third kappa shape index (κ3) is 1.91. The number of oxazole rings is 1. The van der Waals surface area contributed by atoms with Gasteiger partial charge in [0.2, 0.25) is 0 Å². The van der Waals surface area contributed by atoms with E-state index in [4.69, 9.17) is 9.15 Å². The van der Waals surface area contributed by atoms with E-state index in [0.717, 1.165) is 0 Å². The highest BCUT2D eigenvalue weighted by molar-refractivity contribution is 5.81. The number of aryl methyl sites for hydroxylation is 1. The summed E-state index contributed by atoms with van der Waals surface area (Å²) >= 11 is 0. The molecule has 18 heavy (non-hydrogen) atoms. The number of methoxy groups -OCH3 is 1. The minimum Gasteiger partial charge on any atom is -0.468 e. The summed E-state index contributed by atoms with van der Waals surface area (Å²) < 4.78 is 11.1. The summed E-state index contributed by atoms with van der Waals surface area (Å²) in [4.78, 5) is 23.0. The Kier molecular flexibility index (Phi) is 3.20. The number of hydrogen-bond donors (Lipinski definition) is 1. The van der Waals surface area contributed by atoms with Crippen LogP contribution in [0.4, 0.5) is 0 Å². The maximum atomic E-state index is 11.6. The van der Waals surface area contributed by atoms with Crippen LogP contribution in [0.5, 0.6) is 0 Å². The number of ether oxygens (including phenoxy) is 1. The number of aromatic nitrogens is 1. The molecule has 1 unspecified atom stereocenters. The van der Waals surface area contributed by atoms with Crippen molar-refractivity contribution in [2.24, 2.45) is 7.05 Å². The Labute approximate surface area is 103 Å². The minimum atomic E-state index is -0.565. The normalized spacial score (nSPS) is 12.6. The highest BCUT2D eigenvalue weighted by Crippen LogP contribution is 2.20. The van der Waals surface area contributed by atoms with Gasteiger partial charge in [-0.2, -0.15) is 0 Å². The molecule has 0 amide bonds. The highest BCUT2D eigenvalue weighted by Gasteiger charge is 2.20. The van der Waals surface area contributed by atoms with Gasteiger partial charge in [0, 0.05) is 7.05 Å². The molecule has 1 aromatic heterocycles. The zero-order valence-corrected chi connectivity index (χ0v) is 10.4. The Morgan fingerprint density at radius 1 is 1.50 bits per heavy atom. The SMILES string of the molecule is CNC(C(=O)OC)c1ccc2oc(=O)n(C)c2c1. The van der Waals surface area contributed by atoms with Crippen LogP contribution < -0.4 is 11.1 Å². The van der Waals surface area contributed by atoms with Crippen LogP contribution in [0.25, 0.3) is 11.1 Å². The molecule has 96 valence electrons. The van der Waals surface area contributed by atoms with Crippen molar-refractivity contribution in [1.29, 1.82) is 0 Å². The van der Waals surface area contributed by atoms with Crippen LogP contribution in [-0.2, 0) is 16.6 Å². The number of fused-ring (bicyclic) bond motifs is 1. The van der Waals surface area contributed by atoms with E-state index >= 15 is 0 Å². The smallest absolute Gasteiger partial charge is 0.419 e. The quantitative estimate of drug-likeness (QED) is 0.806. The van der Waals surface area contributed by atoms with Crippen LogP contribution in [0, 0.1) is 0 Å². The number of hydrogen-bond acceptors (Lipinski definition) is 5. The molecule has 0 fully saturated rings. The van der Waals surface area contributed by atoms with Crippen molar-refractivity contribution < 1.29 is 13.9 Å². The van der Waals surface area contributed by atoms with Gasteiger partial charge in [-0.15, -0.1) is 0 Å². The van der Waals surface area contributed by atoms with Crippen molar-refractivity contribution in [2.75, 3.05) is 14.2 Å². The average molecular weight is 250 g/mol. The first-order chi connectivity index (χ1) is 8.58. The van der Waals surface area contributed by atoms with Gasteiger partial charge in [-0.05, 0) is 24.7 Å². The number of rotatable bonds is 3. The Bertz CT molecular complexity index is 641. The molecule has 2 rings (SSSR count). The van der Waals surface area contributed by atoms with E-state index in [1.165, 1.54) is 11.7 Å². The number of benzene rings is 1. The van der Waals surface area contributed by atoms with E-state index in [9.17, 15) is 9.59 Å². The Morgan fingerprint density at radius 3 is 2.83 bits per heavy atom. The zero-order chi connectivity index (χ0) is 13.3. The van der Waals surface area contributed by atoms with E-state index in [0.29, 0.717) is 16.7 Å². The molecule has 1 aromatic carbocycles. The Hall–Kier alpha value is -2.08. The molecule has 2 aromatic rings. The molecule has 0 spiro atoms. The first kappa shape index (κ1) is 12.4. The molecule has 0 aliphatic carbocycles. The maximum absolute atomic E-state index is 11.6. The van der Waals surface area contributed by atoms with Crippen LogP contribution in [0.1, 0.15) is 11.6 Å². The van der Waals surface area contributed by atoms with Crippen LogP contribution in [0.15, 0.2) is 27.4 Å². The van der Waals surface area contributed by atoms with Crippen molar-refractivity contribution in [1.82, 2.24) is 9.88 Å². The number of nitrogens with zero attached hydrogens (tertiary/aromatic N) is 1. The summed E-state index contributed by atoms with van der Waals surface area (Å²) in [5.41, 5.74) is 1.85. The summed E-state index contributed by atoms with van der Waals surface area (Å²) in [6.45, 7) is 0. The maximum Gasteiger partial charge on any atom is 0.419 e. The van der Waals surface area contributed by atoms with Gasteiger partial charge in [-0.3, -0.25) is 4.57 Å². The van der Waals surface area contributed by atoms with Crippen molar-refractivity contribution in [3.05, 3.63) is 34.3 Å². The number of likely N-dealkylation sites (N-methyl/N-ethyl adjacent to an activating group) is 1. The summed E-state index contributed by atoms with van der Waals surface area (Å²) in [5.74, 6) is -0.813. The summed E-state index contributed by atoms with van der Waals surface area (Å²) in [7, 11) is 4.61. The van der Waals surface area contributed by atoms with Gasteiger partial charge in [-0.1, -0.05) is 6.07 Å². The van der Waals surface area contributed by atoms with Crippen LogP contribution in [-0.4, -0.2) is 24.7 Å². The minimum absolute atomic E-state index is 0.384. The largest absolute Gasteiger partial charge is 0.468 e. The lowest BCUT2D eigenvalue weighted by Gasteiger charge is -2.13. The van der Waals surface area contributed by atoms with Crippen molar-refractivity contribution in [3.63, 3.8) is 0 Å². The first-order valence-electron chi connectivity index (χ1n) is 5.43. The molecule has 0 aliphatic heterocycles. The van der Waals surface area contributed by atoms with Crippen molar-refractivity contribution >= 4 is 17.1 Å². The summed E-state index contributed by atoms with van der Waals surface area (Å²) in [5, 5.41) is 2.87. The molecule has 6 heteroatoms. The number of carbonyl (C=O) groups excluding carboxylic acids is 1. The highest BCUT2D eigenvalue weighted by atomic mass is 16.5. The van der Waals surface area contributed by atoms with Gasteiger partial charge in [0.05, 0.1) is 12.6 Å². The van der Waals surface area contributed by atoms with Crippen LogP contribution in [0.3, 0.4) is 0 Å². The van der Waals surface area contributed by atoms with Gasteiger partial charge in [0.1, 0.15) is 6.04 Å². The van der Waals surface area contributed by atoms with E-state index in [2.05, 4.69) is 5.32 Å². The lowest BCUT2D eigenvalue weighted by atomic mass is 10.1. The second-order valence-corrected chi connectivity index (χ2v) is 3.90. The molecule has 6 nitrogen and oxygen atoms in total. The second-order valence-electron chi connectivity index (χ2n) is 3.90. The Morgan fingerprint density at radius 2 is 2.22 bits per heavy atom. The molecule has 0 bridgehead atoms. The van der Waals surface area contributed by atoms with Gasteiger partial charge < -0.3 is 14.5 Å². The fraction of sp³-hybridized carbons (Fsp3) is 0.333. The van der Waals surface area contributed by atoms with Crippen molar-refractivity contribution in [2.45, 2.75) is 6.04 Å². The third-order valence-electron chi connectivity index (χ3n) is 2.87. The van der Waals surface area contributed by atoms with E-state index < -0.39 is 11.8 Å². The molecule has 1 heterocycles. The first-order valence-corrected chi connectivity index (χ1v) is 5.43. The number of esters is 1. The summed E-state index contributed by atoms with van der Waals surface area (Å²) in [6, 6.07) is 4.56. The lowest BCUT2D eigenvalue weighted by molar-refractivity contribution is -0.143. The molecule has 0 radical (unpaired) electrons. The van der Waals surface area contributed by atoms with E-state index in [1.54, 1.807) is 32.3 Å². The lowest BCUT2D eigenvalue weighted by Crippen LogP contribution is -2.26. The Balaban J connectivity index is 2.55. The molecular formula is C12H14N2O4. The van der Waals surface area contributed by atoms with Gasteiger partial charge in [0.25, 0.3) is 0 Å². The second kappa shape index (κ2) is 4.66. The topological polar surface area (TPSA) is 73.5 Å². The van der Waals surface area contributed by atoms with E-state index in [-0.39, 0.29) is 5.97 Å². The molecular weight excluding hydrogens is 236 g/mol. The zero-order valence-electron chi connectivity index (χ0n) is 10.4.